The van der Waals surface area contributed by atoms with Gasteiger partial charge in [0.25, 0.3) is 0 Å². The Bertz CT molecular complexity index is 314. The third kappa shape index (κ3) is 5.08. The molecule has 0 atom stereocenters. The Morgan fingerprint density at radius 3 is 2.81 bits per heavy atom. The number of nitrogens with one attached hydrogen (secondary N) is 1. The summed E-state index contributed by atoms with van der Waals surface area (Å²) >= 11 is 0. The summed E-state index contributed by atoms with van der Waals surface area (Å²) in [5, 5.41) is 6.10. The minimum Gasteiger partial charge on any atom is -0.383 e. The van der Waals surface area contributed by atoms with Gasteiger partial charge in [-0.3, -0.25) is 0 Å². The van der Waals surface area contributed by atoms with Gasteiger partial charge in [0.1, 0.15) is 6.42 Å². The molecule has 0 bridgehead atoms. The molecule has 8 heteroatoms. The van der Waals surface area contributed by atoms with E-state index in [-0.39, 0.29) is 18.3 Å². The van der Waals surface area contributed by atoms with Crippen LogP contribution in [0, 0.1) is 0 Å². The smallest absolute Gasteiger partial charge is 0.383 e. The third-order valence-corrected chi connectivity index (χ3v) is 1.63. The quantitative estimate of drug-likeness (QED) is 0.748. The van der Waals surface area contributed by atoms with E-state index in [2.05, 4.69) is 20.0 Å². The Balaban J connectivity index is 2.34. The summed E-state index contributed by atoms with van der Waals surface area (Å²) in [7, 11) is 1.55. The lowest BCUT2D eigenvalue weighted by atomic mass is 10.4. The number of halogens is 3. The van der Waals surface area contributed by atoms with E-state index in [1.165, 1.54) is 0 Å². The van der Waals surface area contributed by atoms with Crippen LogP contribution in [0.5, 0.6) is 0 Å². The van der Waals surface area contributed by atoms with Crippen LogP contribution in [0.4, 0.5) is 13.2 Å². The summed E-state index contributed by atoms with van der Waals surface area (Å²) in [6.07, 6.45) is -5.49. The standard InChI is InChI=1S/C8H12F3N3O2/c1-15-3-2-12-5-7-13-6(14-16-7)4-8(9,10)11/h12H,2-5H2,1H3. The molecule has 0 aliphatic carbocycles. The largest absolute Gasteiger partial charge is 0.396 e. The zero-order valence-electron chi connectivity index (χ0n) is 8.67. The Labute approximate surface area is 90.0 Å². The minimum absolute atomic E-state index is 0.135. The molecule has 16 heavy (non-hydrogen) atoms. The molecule has 0 spiro atoms. The number of ether oxygens (including phenoxy) is 1. The molecule has 1 rings (SSSR count). The van der Waals surface area contributed by atoms with Gasteiger partial charge in [-0.05, 0) is 0 Å². The van der Waals surface area contributed by atoms with E-state index in [1.54, 1.807) is 7.11 Å². The van der Waals surface area contributed by atoms with Crippen molar-refractivity contribution in [3.05, 3.63) is 11.7 Å². The zero-order chi connectivity index (χ0) is 12.0. The third-order valence-electron chi connectivity index (χ3n) is 1.63. The number of nitrogens with zero attached hydrogens (tertiary/aromatic N) is 2. The lowest BCUT2D eigenvalue weighted by Gasteiger charge is -2.00. The van der Waals surface area contributed by atoms with Gasteiger partial charge in [0.05, 0.1) is 13.2 Å². The van der Waals surface area contributed by atoms with Crippen molar-refractivity contribution in [2.75, 3.05) is 20.3 Å². The van der Waals surface area contributed by atoms with Crippen molar-refractivity contribution in [3.63, 3.8) is 0 Å². The summed E-state index contributed by atoms with van der Waals surface area (Å²) < 4.78 is 45.2. The summed E-state index contributed by atoms with van der Waals surface area (Å²) in [6, 6.07) is 0. The van der Waals surface area contributed by atoms with Gasteiger partial charge < -0.3 is 14.6 Å². The predicted octanol–water partition coefficient (Wildman–Crippen LogP) is 0.910. The van der Waals surface area contributed by atoms with Crippen molar-refractivity contribution in [3.8, 4) is 0 Å². The second-order valence-electron chi connectivity index (χ2n) is 3.07. The van der Waals surface area contributed by atoms with Crippen molar-refractivity contribution in [2.45, 2.75) is 19.1 Å². The maximum atomic E-state index is 11.9. The van der Waals surface area contributed by atoms with Gasteiger partial charge in [0.15, 0.2) is 5.82 Å². The van der Waals surface area contributed by atoms with Gasteiger partial charge in [-0.1, -0.05) is 5.16 Å². The number of hydrogen-bond acceptors (Lipinski definition) is 5. The number of methoxy groups -OCH3 is 1. The van der Waals surface area contributed by atoms with E-state index in [4.69, 9.17) is 4.74 Å². The van der Waals surface area contributed by atoms with Gasteiger partial charge in [-0.15, -0.1) is 0 Å². The van der Waals surface area contributed by atoms with Crippen LogP contribution in [-0.4, -0.2) is 36.6 Å². The van der Waals surface area contributed by atoms with E-state index < -0.39 is 12.6 Å². The molecule has 0 saturated carbocycles. The molecule has 5 nitrogen and oxygen atoms in total. The number of rotatable bonds is 6. The highest BCUT2D eigenvalue weighted by atomic mass is 19.4. The monoisotopic (exact) mass is 239 g/mol. The molecule has 1 N–H and O–H groups in total. The van der Waals surface area contributed by atoms with Crippen LogP contribution in [-0.2, 0) is 17.7 Å². The predicted molar refractivity (Wildman–Crippen MR) is 47.6 cm³/mol. The van der Waals surface area contributed by atoms with E-state index in [1.807, 2.05) is 0 Å². The lowest BCUT2D eigenvalue weighted by Crippen LogP contribution is -2.18. The fourth-order valence-corrected chi connectivity index (χ4v) is 0.983. The molecular weight excluding hydrogens is 227 g/mol. The van der Waals surface area contributed by atoms with Crippen LogP contribution >= 0.6 is 0 Å². The number of aromatic nitrogens is 2. The van der Waals surface area contributed by atoms with Crippen molar-refractivity contribution >= 4 is 0 Å². The van der Waals surface area contributed by atoms with Crippen LogP contribution in [0.3, 0.4) is 0 Å². The van der Waals surface area contributed by atoms with E-state index >= 15 is 0 Å². The van der Waals surface area contributed by atoms with Crippen LogP contribution in [0.1, 0.15) is 11.7 Å². The molecule has 0 saturated heterocycles. The first kappa shape index (κ1) is 12.9. The van der Waals surface area contributed by atoms with Crippen LogP contribution < -0.4 is 5.32 Å². The topological polar surface area (TPSA) is 60.2 Å². The highest BCUT2D eigenvalue weighted by Crippen LogP contribution is 2.19. The molecule has 1 aromatic heterocycles. The molecule has 0 aromatic carbocycles. The average Bonchev–Trinajstić information content (AvgIpc) is 2.58. The van der Waals surface area contributed by atoms with Crippen LogP contribution in [0.15, 0.2) is 4.52 Å². The van der Waals surface area contributed by atoms with E-state index in [0.29, 0.717) is 13.2 Å². The van der Waals surface area contributed by atoms with Crippen molar-refractivity contribution < 1.29 is 22.4 Å². The number of alkyl halides is 3. The fourth-order valence-electron chi connectivity index (χ4n) is 0.983. The molecule has 0 amide bonds. The second-order valence-corrected chi connectivity index (χ2v) is 3.07. The lowest BCUT2D eigenvalue weighted by molar-refractivity contribution is -0.128. The molecule has 0 aliphatic rings. The summed E-state index contributed by atoms with van der Waals surface area (Å²) in [5.41, 5.74) is 0. The Kier molecular flexibility index (Phi) is 4.69. The zero-order valence-corrected chi connectivity index (χ0v) is 8.67. The van der Waals surface area contributed by atoms with E-state index in [0.717, 1.165) is 0 Å². The van der Waals surface area contributed by atoms with Gasteiger partial charge in [-0.25, -0.2) is 0 Å². The highest BCUT2D eigenvalue weighted by molar-refractivity contribution is 4.88. The summed E-state index contributed by atoms with van der Waals surface area (Å²) in [6.45, 7) is 1.30. The molecule has 92 valence electrons. The first-order valence-electron chi connectivity index (χ1n) is 4.59. The normalized spacial score (nSPS) is 12.0. The van der Waals surface area contributed by atoms with Gasteiger partial charge in [0, 0.05) is 13.7 Å². The maximum absolute atomic E-state index is 11.9. The fraction of sp³-hybridized carbons (Fsp3) is 0.750. The van der Waals surface area contributed by atoms with Crippen molar-refractivity contribution in [1.29, 1.82) is 0 Å². The Morgan fingerprint density at radius 1 is 1.44 bits per heavy atom. The van der Waals surface area contributed by atoms with Gasteiger partial charge in [-0.2, -0.15) is 18.2 Å². The molecule has 0 unspecified atom stereocenters. The minimum atomic E-state index is -4.31. The summed E-state index contributed by atoms with van der Waals surface area (Å²) in [4.78, 5) is 3.59. The molecule has 1 aromatic rings. The van der Waals surface area contributed by atoms with Crippen molar-refractivity contribution in [2.24, 2.45) is 0 Å². The van der Waals surface area contributed by atoms with Crippen molar-refractivity contribution in [1.82, 2.24) is 15.5 Å². The van der Waals surface area contributed by atoms with E-state index in [9.17, 15) is 13.2 Å². The molecule has 0 fully saturated rings. The SMILES string of the molecule is COCCNCc1nc(CC(F)(F)F)no1. The molecule has 1 heterocycles. The highest BCUT2D eigenvalue weighted by Gasteiger charge is 2.30. The second kappa shape index (κ2) is 5.80. The maximum Gasteiger partial charge on any atom is 0.396 e. The van der Waals surface area contributed by atoms with Crippen LogP contribution in [0.25, 0.3) is 0 Å². The average molecular weight is 239 g/mol. The molecule has 0 aliphatic heterocycles. The van der Waals surface area contributed by atoms with Gasteiger partial charge >= 0.3 is 6.18 Å². The number of hydrogen-bond donors (Lipinski definition) is 1. The molecule has 0 radical (unpaired) electrons. The van der Waals surface area contributed by atoms with Gasteiger partial charge in [0.2, 0.25) is 5.89 Å². The first-order valence-corrected chi connectivity index (χ1v) is 4.59. The molecular formula is C8H12F3N3O2. The Morgan fingerprint density at radius 2 is 2.19 bits per heavy atom. The first-order chi connectivity index (χ1) is 7.51. The Hall–Kier alpha value is -1.15. The summed E-state index contributed by atoms with van der Waals surface area (Å²) in [5.74, 6) is -0.216. The van der Waals surface area contributed by atoms with Crippen LogP contribution in [0.2, 0.25) is 0 Å².